The summed E-state index contributed by atoms with van der Waals surface area (Å²) in [5.74, 6) is 0.311. The second-order valence-corrected chi connectivity index (χ2v) is 10.0. The molecule has 0 atom stereocenters. The summed E-state index contributed by atoms with van der Waals surface area (Å²) in [6.45, 7) is 7.69. The van der Waals surface area contributed by atoms with E-state index in [9.17, 15) is 13.2 Å². The maximum atomic E-state index is 13.0. The van der Waals surface area contributed by atoms with Gasteiger partial charge in [0.15, 0.2) is 5.76 Å². The normalized spacial score (nSPS) is 17.1. The molecule has 156 valence electrons. The van der Waals surface area contributed by atoms with Gasteiger partial charge in [-0.2, -0.15) is 13.9 Å². The molecule has 4 rings (SSSR count). The lowest BCUT2D eigenvalue weighted by Crippen LogP contribution is -2.35. The molecule has 12 heteroatoms. The molecule has 0 saturated carbocycles. The van der Waals surface area contributed by atoms with Crippen LogP contribution in [0.25, 0.3) is 4.96 Å². The van der Waals surface area contributed by atoms with Crippen LogP contribution >= 0.6 is 11.3 Å². The molecule has 0 bridgehead atoms. The number of nitrogens with zero attached hydrogens (tertiary/aromatic N) is 6. The molecule has 0 aromatic carbocycles. The summed E-state index contributed by atoms with van der Waals surface area (Å²) >= 11 is 1.38. The van der Waals surface area contributed by atoms with Crippen molar-refractivity contribution in [3.8, 4) is 0 Å². The lowest BCUT2D eigenvalue weighted by Gasteiger charge is -2.20. The first kappa shape index (κ1) is 20.1. The maximum Gasteiger partial charge on any atom is 0.275 e. The molecule has 0 radical (unpaired) electrons. The fourth-order valence-corrected chi connectivity index (χ4v) is 6.28. The summed E-state index contributed by atoms with van der Waals surface area (Å²) in [7, 11) is -3.65. The average molecular weight is 439 g/mol. The molecule has 10 nitrogen and oxygen atoms in total. The van der Waals surface area contributed by atoms with E-state index in [0.717, 1.165) is 11.6 Å². The number of hydrogen-bond donors (Lipinski definition) is 0. The van der Waals surface area contributed by atoms with Gasteiger partial charge in [0.2, 0.25) is 15.0 Å². The molecule has 1 saturated heterocycles. The van der Waals surface area contributed by atoms with Crippen LogP contribution in [-0.2, 0) is 16.6 Å². The largest absolute Gasteiger partial charge is 0.360 e. The zero-order valence-corrected chi connectivity index (χ0v) is 18.1. The lowest BCUT2D eigenvalue weighted by atomic mass is 10.4. The highest BCUT2D eigenvalue weighted by Crippen LogP contribution is 2.24. The molecule has 0 amide bonds. The van der Waals surface area contributed by atoms with Crippen LogP contribution in [0.2, 0.25) is 0 Å². The van der Waals surface area contributed by atoms with Crippen LogP contribution in [-0.4, -0.2) is 63.6 Å². The molecule has 3 aromatic rings. The van der Waals surface area contributed by atoms with E-state index >= 15 is 0 Å². The Morgan fingerprint density at radius 2 is 1.97 bits per heavy atom. The van der Waals surface area contributed by atoms with Gasteiger partial charge in [-0.3, -0.25) is 9.69 Å². The molecule has 0 unspecified atom stereocenters. The SMILES string of the molecule is Cc1cc(=O)n2nc(CN3CCCN(S(=O)(=O)c4c(C)noc4C)CC3)sc2n1. The Morgan fingerprint density at radius 1 is 1.17 bits per heavy atom. The molecule has 29 heavy (non-hydrogen) atoms. The van der Waals surface area contributed by atoms with Gasteiger partial charge in [-0.05, 0) is 33.7 Å². The fourth-order valence-electron chi connectivity index (χ4n) is 3.53. The highest BCUT2D eigenvalue weighted by molar-refractivity contribution is 7.89. The van der Waals surface area contributed by atoms with E-state index < -0.39 is 10.0 Å². The molecule has 3 aromatic heterocycles. The Hall–Kier alpha value is -2.15. The van der Waals surface area contributed by atoms with Crippen molar-refractivity contribution in [1.82, 2.24) is 29.0 Å². The van der Waals surface area contributed by atoms with Crippen molar-refractivity contribution in [3.05, 3.63) is 38.6 Å². The maximum absolute atomic E-state index is 13.0. The van der Waals surface area contributed by atoms with E-state index in [1.165, 1.54) is 26.2 Å². The smallest absolute Gasteiger partial charge is 0.275 e. The minimum Gasteiger partial charge on any atom is -0.360 e. The molecular weight excluding hydrogens is 416 g/mol. The summed E-state index contributed by atoms with van der Waals surface area (Å²) in [4.78, 5) is 19.3. The quantitative estimate of drug-likeness (QED) is 0.592. The van der Waals surface area contributed by atoms with Crippen LogP contribution < -0.4 is 5.56 Å². The van der Waals surface area contributed by atoms with Crippen molar-refractivity contribution in [3.63, 3.8) is 0 Å². The van der Waals surface area contributed by atoms with E-state index in [1.807, 2.05) is 0 Å². The predicted molar refractivity (Wildman–Crippen MR) is 107 cm³/mol. The van der Waals surface area contributed by atoms with E-state index in [1.54, 1.807) is 20.8 Å². The molecule has 0 spiro atoms. The van der Waals surface area contributed by atoms with Gasteiger partial charge >= 0.3 is 0 Å². The molecule has 0 aliphatic carbocycles. The van der Waals surface area contributed by atoms with E-state index in [-0.39, 0.29) is 10.5 Å². The molecule has 1 aliphatic heterocycles. The van der Waals surface area contributed by atoms with Gasteiger partial charge < -0.3 is 4.52 Å². The van der Waals surface area contributed by atoms with Gasteiger partial charge in [0, 0.05) is 31.4 Å². The van der Waals surface area contributed by atoms with Crippen LogP contribution in [0.5, 0.6) is 0 Å². The number of rotatable bonds is 4. The van der Waals surface area contributed by atoms with Gasteiger partial charge in [-0.1, -0.05) is 16.5 Å². The number of aromatic nitrogens is 4. The van der Waals surface area contributed by atoms with Gasteiger partial charge in [0.1, 0.15) is 15.6 Å². The Labute approximate surface area is 171 Å². The molecular formula is C17H22N6O4S2. The highest BCUT2D eigenvalue weighted by Gasteiger charge is 2.32. The van der Waals surface area contributed by atoms with Crippen LogP contribution in [0.15, 0.2) is 20.3 Å². The summed E-state index contributed by atoms with van der Waals surface area (Å²) in [5.41, 5.74) is 0.856. The van der Waals surface area contributed by atoms with Crippen LogP contribution in [0, 0.1) is 20.8 Å². The lowest BCUT2D eigenvalue weighted by molar-refractivity contribution is 0.277. The second-order valence-electron chi connectivity index (χ2n) is 7.11. The van der Waals surface area contributed by atoms with Gasteiger partial charge in [0.25, 0.3) is 5.56 Å². The summed E-state index contributed by atoms with van der Waals surface area (Å²) in [6, 6.07) is 1.46. The summed E-state index contributed by atoms with van der Waals surface area (Å²) in [6.07, 6.45) is 0.699. The number of fused-ring (bicyclic) bond motifs is 1. The summed E-state index contributed by atoms with van der Waals surface area (Å²) < 4.78 is 33.9. The number of aryl methyl sites for hydroxylation is 3. The third kappa shape index (κ3) is 3.84. The first-order chi connectivity index (χ1) is 13.8. The zero-order valence-electron chi connectivity index (χ0n) is 16.5. The van der Waals surface area contributed by atoms with E-state index in [4.69, 9.17) is 4.52 Å². The minimum atomic E-state index is -3.65. The minimum absolute atomic E-state index is 0.165. The van der Waals surface area contributed by atoms with Gasteiger partial charge in [-0.15, -0.1) is 0 Å². The molecule has 4 heterocycles. The van der Waals surface area contributed by atoms with E-state index in [2.05, 4.69) is 20.1 Å². The zero-order chi connectivity index (χ0) is 20.8. The van der Waals surface area contributed by atoms with Gasteiger partial charge in [0.05, 0.1) is 6.54 Å². The number of hydrogen-bond acceptors (Lipinski definition) is 9. The second kappa shape index (κ2) is 7.59. The summed E-state index contributed by atoms with van der Waals surface area (Å²) in [5, 5.41) is 8.93. The molecule has 1 fully saturated rings. The Kier molecular flexibility index (Phi) is 5.27. The van der Waals surface area contributed by atoms with Crippen molar-refractivity contribution >= 4 is 26.3 Å². The standard InChI is InChI=1S/C17H22N6O4S2/c1-11-9-15(24)23-17(18-11)28-14(19-23)10-21-5-4-6-22(8-7-21)29(25,26)16-12(2)20-27-13(16)3/h9H,4-8,10H2,1-3H3. The predicted octanol–water partition coefficient (Wildman–Crippen LogP) is 0.961. The first-order valence-electron chi connectivity index (χ1n) is 9.27. The van der Waals surface area contributed by atoms with Gasteiger partial charge in [-0.25, -0.2) is 13.4 Å². The van der Waals surface area contributed by atoms with Crippen LogP contribution in [0.3, 0.4) is 0 Å². The average Bonchev–Trinajstić information content (AvgIpc) is 3.10. The van der Waals surface area contributed by atoms with Crippen LogP contribution in [0.4, 0.5) is 0 Å². The van der Waals surface area contributed by atoms with Crippen molar-refractivity contribution < 1.29 is 12.9 Å². The van der Waals surface area contributed by atoms with Crippen molar-refractivity contribution in [2.75, 3.05) is 26.2 Å². The third-order valence-electron chi connectivity index (χ3n) is 4.89. The monoisotopic (exact) mass is 438 g/mol. The Bertz CT molecular complexity index is 1190. The third-order valence-corrected chi connectivity index (χ3v) is 7.92. The van der Waals surface area contributed by atoms with Crippen molar-refractivity contribution in [2.24, 2.45) is 0 Å². The van der Waals surface area contributed by atoms with Crippen LogP contribution in [0.1, 0.15) is 28.6 Å². The van der Waals surface area contributed by atoms with E-state index in [0.29, 0.717) is 54.7 Å². The fraction of sp³-hybridized carbons (Fsp3) is 0.529. The molecule has 0 N–H and O–H groups in total. The Morgan fingerprint density at radius 3 is 2.69 bits per heavy atom. The Balaban J connectivity index is 1.50. The molecule has 1 aliphatic rings. The topological polar surface area (TPSA) is 114 Å². The highest BCUT2D eigenvalue weighted by atomic mass is 32.2. The van der Waals surface area contributed by atoms with Crippen molar-refractivity contribution in [1.29, 1.82) is 0 Å². The first-order valence-corrected chi connectivity index (χ1v) is 11.5. The van der Waals surface area contributed by atoms with Crippen molar-refractivity contribution in [2.45, 2.75) is 38.6 Å². The number of sulfonamides is 1.